The lowest BCUT2D eigenvalue weighted by molar-refractivity contribution is -0.148. The van der Waals surface area contributed by atoms with Crippen molar-refractivity contribution in [3.8, 4) is 11.5 Å². The highest BCUT2D eigenvalue weighted by Gasteiger charge is 2.19. The Morgan fingerprint density at radius 1 is 1.15 bits per heavy atom. The first-order valence-corrected chi connectivity index (χ1v) is 8.15. The summed E-state index contributed by atoms with van der Waals surface area (Å²) in [5.41, 5.74) is 0.859. The molecule has 27 heavy (non-hydrogen) atoms. The van der Waals surface area contributed by atoms with Gasteiger partial charge in [-0.25, -0.2) is 4.39 Å². The highest BCUT2D eigenvalue weighted by atomic mass is 19.1. The topological polar surface area (TPSA) is 94.3 Å². The number of hydrogen-bond donors (Lipinski definition) is 1. The van der Waals surface area contributed by atoms with Crippen LogP contribution in [0.15, 0.2) is 59.0 Å². The van der Waals surface area contributed by atoms with Gasteiger partial charge >= 0.3 is 5.97 Å². The first kappa shape index (κ1) is 18.2. The van der Waals surface area contributed by atoms with Crippen LogP contribution in [-0.2, 0) is 9.53 Å². The van der Waals surface area contributed by atoms with Crippen molar-refractivity contribution in [1.29, 1.82) is 0 Å². The number of aromatic nitrogens is 2. The van der Waals surface area contributed by atoms with Gasteiger partial charge in [-0.2, -0.15) is 0 Å². The Hall–Kier alpha value is -3.55. The lowest BCUT2D eigenvalue weighted by Gasteiger charge is -2.10. The number of carbonyl (C=O) groups excluding carboxylic acids is 2. The van der Waals surface area contributed by atoms with Gasteiger partial charge in [0.1, 0.15) is 12.4 Å². The Bertz CT molecular complexity index is 943. The number of rotatable bonds is 6. The maximum Gasteiger partial charge on any atom is 0.326 e. The van der Waals surface area contributed by atoms with E-state index < -0.39 is 23.8 Å². The molecule has 138 valence electrons. The van der Waals surface area contributed by atoms with Crippen molar-refractivity contribution in [3.63, 3.8) is 0 Å². The predicted molar refractivity (Wildman–Crippen MR) is 93.0 cm³/mol. The molecule has 0 aliphatic carbocycles. The van der Waals surface area contributed by atoms with Crippen LogP contribution in [-0.4, -0.2) is 28.6 Å². The van der Waals surface area contributed by atoms with Crippen LogP contribution >= 0.6 is 0 Å². The Balaban J connectivity index is 1.53. The average molecular weight is 369 g/mol. The molecular formula is C19H16FN3O4. The van der Waals surface area contributed by atoms with E-state index in [0.29, 0.717) is 5.89 Å². The minimum Gasteiger partial charge on any atom is -0.451 e. The van der Waals surface area contributed by atoms with Crippen molar-refractivity contribution in [2.75, 3.05) is 6.54 Å². The molecule has 0 saturated heterocycles. The maximum absolute atomic E-state index is 13.1. The highest BCUT2D eigenvalue weighted by molar-refractivity contribution is 5.95. The number of esters is 1. The number of hydrogen-bond acceptors (Lipinski definition) is 6. The highest BCUT2D eigenvalue weighted by Crippen LogP contribution is 2.21. The molecule has 0 fully saturated rings. The minimum absolute atomic E-state index is 0.111. The third kappa shape index (κ3) is 4.75. The van der Waals surface area contributed by atoms with Gasteiger partial charge < -0.3 is 14.5 Å². The van der Waals surface area contributed by atoms with E-state index >= 15 is 0 Å². The maximum atomic E-state index is 13.1. The van der Waals surface area contributed by atoms with Crippen LogP contribution in [0.1, 0.15) is 29.3 Å². The van der Waals surface area contributed by atoms with E-state index in [1.165, 1.54) is 18.2 Å². The van der Waals surface area contributed by atoms with Gasteiger partial charge in [0.05, 0.1) is 0 Å². The SMILES string of the molecule is C[C@@H](OC(=O)CNC(=O)c1cccc(F)c1)c1nnc(-c2ccccc2)o1. The number of nitrogens with one attached hydrogen (secondary N) is 1. The fraction of sp³-hybridized carbons (Fsp3) is 0.158. The molecular weight excluding hydrogens is 353 g/mol. The summed E-state index contributed by atoms with van der Waals surface area (Å²) in [4.78, 5) is 23.8. The number of ether oxygens (including phenoxy) is 1. The molecule has 0 aliphatic heterocycles. The number of halogens is 1. The van der Waals surface area contributed by atoms with Crippen molar-refractivity contribution in [2.24, 2.45) is 0 Å². The molecule has 0 spiro atoms. The van der Waals surface area contributed by atoms with Gasteiger partial charge in [0, 0.05) is 11.1 Å². The molecule has 2 aromatic carbocycles. The molecule has 3 rings (SSSR count). The second kappa shape index (κ2) is 8.22. The molecule has 0 bridgehead atoms. The lowest BCUT2D eigenvalue weighted by atomic mass is 10.2. The summed E-state index contributed by atoms with van der Waals surface area (Å²) in [6.45, 7) is 1.20. The molecule has 7 nitrogen and oxygen atoms in total. The van der Waals surface area contributed by atoms with Crippen molar-refractivity contribution in [3.05, 3.63) is 71.9 Å². The predicted octanol–water partition coefficient (Wildman–Crippen LogP) is 2.91. The molecule has 0 aliphatic rings. The standard InChI is InChI=1S/C19H16FN3O4/c1-12(18-22-23-19(27-18)13-6-3-2-4-7-13)26-16(24)11-21-17(25)14-8-5-9-15(20)10-14/h2-10,12H,11H2,1H3,(H,21,25)/t12-/m1/s1. The smallest absolute Gasteiger partial charge is 0.326 e. The van der Waals surface area contributed by atoms with Gasteiger partial charge in [-0.05, 0) is 37.3 Å². The molecule has 1 N–H and O–H groups in total. The van der Waals surface area contributed by atoms with Gasteiger partial charge in [0.15, 0.2) is 6.10 Å². The van der Waals surface area contributed by atoms with Gasteiger partial charge in [0.2, 0.25) is 5.89 Å². The Labute approximate surface area is 154 Å². The van der Waals surface area contributed by atoms with Crippen molar-refractivity contribution < 1.29 is 23.1 Å². The number of nitrogens with zero attached hydrogens (tertiary/aromatic N) is 2. The molecule has 1 heterocycles. The zero-order valence-electron chi connectivity index (χ0n) is 14.4. The third-order valence-electron chi connectivity index (χ3n) is 3.60. The Morgan fingerprint density at radius 2 is 1.93 bits per heavy atom. The monoisotopic (exact) mass is 369 g/mol. The Morgan fingerprint density at radius 3 is 2.67 bits per heavy atom. The van der Waals surface area contributed by atoms with Crippen LogP contribution in [0.4, 0.5) is 4.39 Å². The molecule has 1 aromatic heterocycles. The Kier molecular flexibility index (Phi) is 5.55. The van der Waals surface area contributed by atoms with Crippen LogP contribution in [0.5, 0.6) is 0 Å². The van der Waals surface area contributed by atoms with E-state index in [1.54, 1.807) is 6.92 Å². The van der Waals surface area contributed by atoms with Crippen LogP contribution in [0.25, 0.3) is 11.5 Å². The second-order valence-electron chi connectivity index (χ2n) is 5.64. The van der Waals surface area contributed by atoms with E-state index in [-0.39, 0.29) is 18.0 Å². The summed E-state index contributed by atoms with van der Waals surface area (Å²) in [5.74, 6) is -1.36. The molecule has 8 heteroatoms. The largest absolute Gasteiger partial charge is 0.451 e. The summed E-state index contributed by atoms with van der Waals surface area (Å²) >= 11 is 0. The van der Waals surface area contributed by atoms with Crippen LogP contribution < -0.4 is 5.32 Å². The summed E-state index contributed by atoms with van der Waals surface area (Å²) in [5, 5.41) is 10.2. The number of amides is 1. The van der Waals surface area contributed by atoms with E-state index in [0.717, 1.165) is 11.6 Å². The van der Waals surface area contributed by atoms with Gasteiger partial charge in [0.25, 0.3) is 11.8 Å². The lowest BCUT2D eigenvalue weighted by Crippen LogP contribution is -2.31. The summed E-state index contributed by atoms with van der Waals surface area (Å²) < 4.78 is 23.8. The van der Waals surface area contributed by atoms with E-state index in [9.17, 15) is 14.0 Å². The van der Waals surface area contributed by atoms with Gasteiger partial charge in [-0.1, -0.05) is 24.3 Å². The number of benzene rings is 2. The normalized spacial score (nSPS) is 11.6. The fourth-order valence-electron chi connectivity index (χ4n) is 2.27. The molecule has 3 aromatic rings. The first-order valence-electron chi connectivity index (χ1n) is 8.15. The minimum atomic E-state index is -0.784. The zero-order chi connectivity index (χ0) is 19.2. The second-order valence-corrected chi connectivity index (χ2v) is 5.64. The molecule has 1 amide bonds. The van der Waals surface area contributed by atoms with Crippen molar-refractivity contribution in [1.82, 2.24) is 15.5 Å². The number of carbonyl (C=O) groups is 2. The van der Waals surface area contributed by atoms with Crippen LogP contribution in [0.3, 0.4) is 0 Å². The van der Waals surface area contributed by atoms with Gasteiger partial charge in [-0.15, -0.1) is 10.2 Å². The van der Waals surface area contributed by atoms with Crippen LogP contribution in [0, 0.1) is 5.82 Å². The quantitative estimate of drug-likeness (QED) is 0.672. The zero-order valence-corrected chi connectivity index (χ0v) is 14.4. The van der Waals surface area contributed by atoms with E-state index in [4.69, 9.17) is 9.15 Å². The average Bonchev–Trinajstić information content (AvgIpc) is 3.17. The summed E-state index contributed by atoms with van der Waals surface area (Å²) in [6.07, 6.45) is -0.784. The van der Waals surface area contributed by atoms with Crippen LogP contribution in [0.2, 0.25) is 0 Å². The fourth-order valence-corrected chi connectivity index (χ4v) is 2.27. The summed E-state index contributed by atoms with van der Waals surface area (Å²) in [6, 6.07) is 14.3. The first-order chi connectivity index (χ1) is 13.0. The van der Waals surface area contributed by atoms with E-state index in [1.807, 2.05) is 30.3 Å². The molecule has 0 saturated carbocycles. The molecule has 1 atom stereocenters. The summed E-state index contributed by atoms with van der Waals surface area (Å²) in [7, 11) is 0. The molecule has 0 radical (unpaired) electrons. The van der Waals surface area contributed by atoms with E-state index in [2.05, 4.69) is 15.5 Å². The molecule has 0 unspecified atom stereocenters. The third-order valence-corrected chi connectivity index (χ3v) is 3.60. The van der Waals surface area contributed by atoms with Crippen molar-refractivity contribution >= 4 is 11.9 Å². The van der Waals surface area contributed by atoms with Gasteiger partial charge in [-0.3, -0.25) is 9.59 Å². The van der Waals surface area contributed by atoms with Crippen molar-refractivity contribution in [2.45, 2.75) is 13.0 Å².